The first-order valence-electron chi connectivity index (χ1n) is 11.3. The lowest BCUT2D eigenvalue weighted by Gasteiger charge is -2.32. The Hall–Kier alpha value is -3.46. The standard InChI is InChI=1S/C25H27F2N5O2/c1-3-34-30-24(19-5-6-21(26)22(27)12-19)23-7-4-17(13-28-23)15-32-10-8-18(9-11-32)20-14-29-25(33)31(2)16-20/h4-7,12-14,16,18H,3,8-11,15H2,1-2H3/b30-24+. The lowest BCUT2D eigenvalue weighted by Crippen LogP contribution is -2.33. The molecule has 1 fully saturated rings. The molecule has 0 saturated carbocycles. The topological polar surface area (TPSA) is 72.6 Å². The molecule has 0 spiro atoms. The van der Waals surface area contributed by atoms with Crippen LogP contribution in [0, 0.1) is 11.6 Å². The number of rotatable bonds is 7. The summed E-state index contributed by atoms with van der Waals surface area (Å²) < 4.78 is 28.6. The van der Waals surface area contributed by atoms with Gasteiger partial charge in [0.1, 0.15) is 12.3 Å². The van der Waals surface area contributed by atoms with Crippen LogP contribution in [0.3, 0.4) is 0 Å². The van der Waals surface area contributed by atoms with Gasteiger partial charge in [0, 0.05) is 37.7 Å². The number of benzene rings is 1. The normalized spacial score (nSPS) is 15.5. The highest BCUT2D eigenvalue weighted by Crippen LogP contribution is 2.27. The summed E-state index contributed by atoms with van der Waals surface area (Å²) in [7, 11) is 1.72. The highest BCUT2D eigenvalue weighted by Gasteiger charge is 2.22. The predicted molar refractivity (Wildman–Crippen MR) is 125 cm³/mol. The van der Waals surface area contributed by atoms with E-state index in [0.29, 0.717) is 29.5 Å². The van der Waals surface area contributed by atoms with Gasteiger partial charge in [0.25, 0.3) is 0 Å². The van der Waals surface area contributed by atoms with Crippen molar-refractivity contribution in [3.05, 3.63) is 93.4 Å². The Balaban J connectivity index is 1.41. The molecule has 0 amide bonds. The Morgan fingerprint density at radius 2 is 1.91 bits per heavy atom. The molecular formula is C25H27F2N5O2. The average molecular weight is 468 g/mol. The van der Waals surface area contributed by atoms with Crippen molar-refractivity contribution in [3.8, 4) is 0 Å². The molecule has 1 saturated heterocycles. The van der Waals surface area contributed by atoms with Crippen LogP contribution < -0.4 is 5.69 Å². The molecule has 9 heteroatoms. The maximum absolute atomic E-state index is 13.8. The fourth-order valence-corrected chi connectivity index (χ4v) is 4.10. The van der Waals surface area contributed by atoms with E-state index in [1.54, 1.807) is 26.4 Å². The number of hydrogen-bond donors (Lipinski definition) is 0. The number of halogens is 2. The van der Waals surface area contributed by atoms with Crippen molar-refractivity contribution < 1.29 is 13.6 Å². The number of piperidine rings is 1. The van der Waals surface area contributed by atoms with Crippen LogP contribution in [-0.2, 0) is 18.4 Å². The van der Waals surface area contributed by atoms with Crippen molar-refractivity contribution in [1.29, 1.82) is 0 Å². The SMILES string of the molecule is CCO/N=C(\c1ccc(F)c(F)c1)c1ccc(CN2CCC(c3cnc(=O)n(C)c3)CC2)cn1. The van der Waals surface area contributed by atoms with Crippen LogP contribution in [0.25, 0.3) is 0 Å². The minimum absolute atomic E-state index is 0.240. The highest BCUT2D eigenvalue weighted by molar-refractivity contribution is 6.11. The summed E-state index contributed by atoms with van der Waals surface area (Å²) in [6.07, 6.45) is 7.34. The number of aromatic nitrogens is 3. The van der Waals surface area contributed by atoms with Crippen LogP contribution in [0.15, 0.2) is 58.9 Å². The van der Waals surface area contributed by atoms with Crippen LogP contribution >= 0.6 is 0 Å². The fraction of sp³-hybridized carbons (Fsp3) is 0.360. The van der Waals surface area contributed by atoms with E-state index in [2.05, 4.69) is 20.0 Å². The van der Waals surface area contributed by atoms with Crippen LogP contribution in [0.1, 0.15) is 48.1 Å². The maximum Gasteiger partial charge on any atom is 0.347 e. The third kappa shape index (κ3) is 5.53. The summed E-state index contributed by atoms with van der Waals surface area (Å²) in [5.41, 5.74) is 3.17. The van der Waals surface area contributed by atoms with E-state index in [0.717, 1.165) is 55.7 Å². The van der Waals surface area contributed by atoms with Gasteiger partial charge in [-0.25, -0.2) is 18.6 Å². The summed E-state index contributed by atoms with van der Waals surface area (Å²) in [5.74, 6) is -1.47. The molecule has 4 rings (SSSR count). The van der Waals surface area contributed by atoms with Crippen molar-refractivity contribution in [3.63, 3.8) is 0 Å². The van der Waals surface area contributed by atoms with E-state index >= 15 is 0 Å². The summed E-state index contributed by atoms with van der Waals surface area (Å²) in [5, 5.41) is 4.08. The third-order valence-corrected chi connectivity index (χ3v) is 5.98. The van der Waals surface area contributed by atoms with Gasteiger partial charge in [-0.05, 0) is 74.2 Å². The van der Waals surface area contributed by atoms with E-state index < -0.39 is 11.6 Å². The number of likely N-dealkylation sites (tertiary alicyclic amines) is 1. The van der Waals surface area contributed by atoms with E-state index in [9.17, 15) is 13.6 Å². The van der Waals surface area contributed by atoms with Gasteiger partial charge in [-0.15, -0.1) is 0 Å². The molecule has 178 valence electrons. The Bertz CT molecular complexity index is 1220. The van der Waals surface area contributed by atoms with Crippen molar-refractivity contribution in [1.82, 2.24) is 19.4 Å². The van der Waals surface area contributed by atoms with Gasteiger partial charge in [0.2, 0.25) is 0 Å². The lowest BCUT2D eigenvalue weighted by molar-refractivity contribution is 0.159. The van der Waals surface area contributed by atoms with E-state index in [-0.39, 0.29) is 5.69 Å². The minimum Gasteiger partial charge on any atom is -0.396 e. The van der Waals surface area contributed by atoms with Gasteiger partial charge in [0.05, 0.1) is 5.69 Å². The Kier molecular flexibility index (Phi) is 7.42. The zero-order valence-corrected chi connectivity index (χ0v) is 19.2. The van der Waals surface area contributed by atoms with Gasteiger partial charge in [-0.2, -0.15) is 0 Å². The van der Waals surface area contributed by atoms with Crippen LogP contribution in [0.4, 0.5) is 8.78 Å². The van der Waals surface area contributed by atoms with Crippen molar-refractivity contribution in [2.24, 2.45) is 12.2 Å². The summed E-state index contributed by atoms with van der Waals surface area (Å²) in [6, 6.07) is 7.39. The van der Waals surface area contributed by atoms with Gasteiger partial charge in [0.15, 0.2) is 11.6 Å². The van der Waals surface area contributed by atoms with E-state index in [1.165, 1.54) is 10.6 Å². The third-order valence-electron chi connectivity index (χ3n) is 5.98. The zero-order valence-electron chi connectivity index (χ0n) is 19.2. The number of pyridine rings is 1. The molecule has 0 unspecified atom stereocenters. The monoisotopic (exact) mass is 467 g/mol. The molecule has 0 bridgehead atoms. The molecule has 34 heavy (non-hydrogen) atoms. The average Bonchev–Trinajstić information content (AvgIpc) is 2.85. The molecule has 0 radical (unpaired) electrons. The Labute approximate surface area is 196 Å². The molecule has 7 nitrogen and oxygen atoms in total. The summed E-state index contributed by atoms with van der Waals surface area (Å²) >= 11 is 0. The lowest BCUT2D eigenvalue weighted by atomic mass is 9.91. The highest BCUT2D eigenvalue weighted by atomic mass is 19.2. The van der Waals surface area contributed by atoms with Crippen LogP contribution in [0.5, 0.6) is 0 Å². The molecule has 3 heterocycles. The number of hydrogen-bond acceptors (Lipinski definition) is 6. The molecule has 1 aliphatic heterocycles. The van der Waals surface area contributed by atoms with Gasteiger partial charge in [-0.3, -0.25) is 9.88 Å². The van der Waals surface area contributed by atoms with Crippen molar-refractivity contribution in [2.45, 2.75) is 32.2 Å². The molecule has 0 atom stereocenters. The number of nitrogens with zero attached hydrogens (tertiary/aromatic N) is 5. The molecule has 1 aromatic carbocycles. The smallest absolute Gasteiger partial charge is 0.347 e. The molecule has 2 aromatic heterocycles. The first-order valence-corrected chi connectivity index (χ1v) is 11.3. The second-order valence-electron chi connectivity index (χ2n) is 8.37. The van der Waals surface area contributed by atoms with E-state index in [1.807, 2.05) is 18.3 Å². The minimum atomic E-state index is -0.949. The van der Waals surface area contributed by atoms with Gasteiger partial charge in [-0.1, -0.05) is 11.2 Å². The fourth-order valence-electron chi connectivity index (χ4n) is 4.10. The quantitative estimate of drug-likeness (QED) is 0.392. The van der Waals surface area contributed by atoms with Crippen molar-refractivity contribution in [2.75, 3.05) is 19.7 Å². The van der Waals surface area contributed by atoms with Gasteiger partial charge >= 0.3 is 5.69 Å². The van der Waals surface area contributed by atoms with Crippen LogP contribution in [0.2, 0.25) is 0 Å². The Morgan fingerprint density at radius 3 is 2.56 bits per heavy atom. The first-order chi connectivity index (χ1) is 16.4. The van der Waals surface area contributed by atoms with Gasteiger partial charge < -0.3 is 9.40 Å². The predicted octanol–water partition coefficient (Wildman–Crippen LogP) is 3.62. The Morgan fingerprint density at radius 1 is 1.12 bits per heavy atom. The van der Waals surface area contributed by atoms with E-state index in [4.69, 9.17) is 4.84 Å². The molecule has 1 aliphatic rings. The summed E-state index contributed by atoms with van der Waals surface area (Å²) in [4.78, 5) is 27.5. The first kappa shape index (κ1) is 23.7. The second kappa shape index (κ2) is 10.6. The number of oxime groups is 1. The summed E-state index contributed by atoms with van der Waals surface area (Å²) in [6.45, 7) is 4.76. The molecule has 0 N–H and O–H groups in total. The molecule has 0 aliphatic carbocycles. The maximum atomic E-state index is 13.8. The van der Waals surface area contributed by atoms with Crippen LogP contribution in [-0.4, -0.2) is 44.8 Å². The van der Waals surface area contributed by atoms with Crippen molar-refractivity contribution >= 4 is 5.71 Å². The largest absolute Gasteiger partial charge is 0.396 e. The zero-order chi connectivity index (χ0) is 24.1. The molecule has 3 aromatic rings. The molecular weight excluding hydrogens is 440 g/mol. The second-order valence-corrected chi connectivity index (χ2v) is 8.37. The number of aryl methyl sites for hydroxylation is 1.